The van der Waals surface area contributed by atoms with Gasteiger partial charge in [-0.05, 0) is 96.6 Å². The molecular formula is C27H23IN2O7S. The van der Waals surface area contributed by atoms with Gasteiger partial charge in [-0.2, -0.15) is 13.7 Å². The van der Waals surface area contributed by atoms with Crippen molar-refractivity contribution in [2.24, 2.45) is 0 Å². The molecule has 0 saturated carbocycles. The lowest BCUT2D eigenvalue weighted by Gasteiger charge is -2.14. The quantitative estimate of drug-likeness (QED) is 0.112. The summed E-state index contributed by atoms with van der Waals surface area (Å²) >= 11 is 1.89. The summed E-state index contributed by atoms with van der Waals surface area (Å²) in [6.07, 6.45) is 1.34. The number of carbonyl (C=O) groups excluding carboxylic acids is 2. The molecule has 196 valence electrons. The largest absolute Gasteiger partial charge is 0.493 e. The summed E-state index contributed by atoms with van der Waals surface area (Å²) in [6, 6.07) is 17.1. The van der Waals surface area contributed by atoms with Gasteiger partial charge in [0.15, 0.2) is 11.5 Å². The average Bonchev–Trinajstić information content (AvgIpc) is 2.89. The van der Waals surface area contributed by atoms with Gasteiger partial charge in [-0.3, -0.25) is 4.79 Å². The van der Waals surface area contributed by atoms with Gasteiger partial charge in [0.05, 0.1) is 22.9 Å². The van der Waals surface area contributed by atoms with E-state index >= 15 is 0 Å². The van der Waals surface area contributed by atoms with Crippen LogP contribution in [0.5, 0.6) is 11.5 Å². The molecule has 0 saturated heterocycles. The molecular weight excluding hydrogens is 623 g/mol. The Kier molecular flexibility index (Phi) is 9.49. The van der Waals surface area contributed by atoms with E-state index in [0.29, 0.717) is 20.4 Å². The molecule has 1 amide bonds. The number of ether oxygens (including phenoxy) is 2. The number of benzene rings is 3. The fourth-order valence-electron chi connectivity index (χ4n) is 3.18. The minimum Gasteiger partial charge on any atom is -0.493 e. The van der Waals surface area contributed by atoms with Gasteiger partial charge in [0.1, 0.15) is 16.5 Å². The molecule has 0 fully saturated rings. The van der Waals surface area contributed by atoms with Crippen LogP contribution in [-0.2, 0) is 19.6 Å². The predicted molar refractivity (Wildman–Crippen MR) is 149 cm³/mol. The van der Waals surface area contributed by atoms with Crippen molar-refractivity contribution in [1.82, 2.24) is 0 Å². The number of rotatable bonds is 9. The third kappa shape index (κ3) is 7.11. The van der Waals surface area contributed by atoms with Crippen LogP contribution in [0.3, 0.4) is 0 Å². The Morgan fingerprint density at radius 3 is 2.32 bits per heavy atom. The summed E-state index contributed by atoms with van der Waals surface area (Å²) in [6.45, 7) is 3.78. The van der Waals surface area contributed by atoms with Crippen LogP contribution in [0.25, 0.3) is 6.08 Å². The highest BCUT2D eigenvalue weighted by molar-refractivity contribution is 14.1. The van der Waals surface area contributed by atoms with Gasteiger partial charge in [0.2, 0.25) is 0 Å². The maximum Gasteiger partial charge on any atom is 0.339 e. The first-order valence-corrected chi connectivity index (χ1v) is 13.7. The molecule has 11 heteroatoms. The second-order valence-corrected chi connectivity index (χ2v) is 10.5. The maximum atomic E-state index is 12.8. The summed E-state index contributed by atoms with van der Waals surface area (Å²) in [7, 11) is -2.78. The van der Waals surface area contributed by atoms with Crippen molar-refractivity contribution in [3.8, 4) is 17.6 Å². The minimum atomic E-state index is -4.13. The number of esters is 1. The summed E-state index contributed by atoms with van der Waals surface area (Å²) in [5, 5.41) is 12.2. The Morgan fingerprint density at radius 1 is 1.08 bits per heavy atom. The number of nitrogens with zero attached hydrogens (tertiary/aromatic N) is 1. The normalized spacial score (nSPS) is 11.3. The number of nitriles is 1. The second-order valence-electron chi connectivity index (χ2n) is 7.81. The molecule has 38 heavy (non-hydrogen) atoms. The lowest BCUT2D eigenvalue weighted by atomic mass is 10.1. The first kappa shape index (κ1) is 28.7. The summed E-state index contributed by atoms with van der Waals surface area (Å²) in [5.41, 5.74) is 1.81. The number of carbonyl (C=O) groups is 2. The number of hydrogen-bond acceptors (Lipinski definition) is 8. The Bertz CT molecular complexity index is 1530. The van der Waals surface area contributed by atoms with Gasteiger partial charge in [0, 0.05) is 5.69 Å². The molecule has 9 nitrogen and oxygen atoms in total. The minimum absolute atomic E-state index is 0.0105. The van der Waals surface area contributed by atoms with Crippen LogP contribution >= 0.6 is 22.6 Å². The van der Waals surface area contributed by atoms with Gasteiger partial charge >= 0.3 is 16.1 Å². The Morgan fingerprint density at radius 2 is 1.74 bits per heavy atom. The smallest absolute Gasteiger partial charge is 0.339 e. The van der Waals surface area contributed by atoms with Gasteiger partial charge in [-0.15, -0.1) is 0 Å². The van der Waals surface area contributed by atoms with Crippen molar-refractivity contribution < 1.29 is 31.7 Å². The highest BCUT2D eigenvalue weighted by Crippen LogP contribution is 2.36. The van der Waals surface area contributed by atoms with Gasteiger partial charge < -0.3 is 19.0 Å². The molecule has 0 heterocycles. The second kappa shape index (κ2) is 12.6. The average molecular weight is 646 g/mol. The lowest BCUT2D eigenvalue weighted by Crippen LogP contribution is -2.14. The van der Waals surface area contributed by atoms with Gasteiger partial charge in [0.25, 0.3) is 5.91 Å². The summed E-state index contributed by atoms with van der Waals surface area (Å²) in [5.74, 6) is -1.07. The van der Waals surface area contributed by atoms with E-state index in [0.717, 1.165) is 5.56 Å². The molecule has 0 radical (unpaired) electrons. The van der Waals surface area contributed by atoms with E-state index in [4.69, 9.17) is 13.7 Å². The molecule has 3 aromatic carbocycles. The third-order valence-electron chi connectivity index (χ3n) is 5.08. The predicted octanol–water partition coefficient (Wildman–Crippen LogP) is 5.10. The van der Waals surface area contributed by atoms with Crippen LogP contribution in [-0.4, -0.2) is 34.0 Å². The van der Waals surface area contributed by atoms with Crippen molar-refractivity contribution >= 4 is 56.3 Å². The van der Waals surface area contributed by atoms with Crippen LogP contribution < -0.4 is 14.2 Å². The number of aryl methyl sites for hydroxylation is 1. The molecule has 0 spiro atoms. The van der Waals surface area contributed by atoms with E-state index in [2.05, 4.69) is 5.32 Å². The first-order chi connectivity index (χ1) is 18.1. The van der Waals surface area contributed by atoms with Crippen molar-refractivity contribution in [2.45, 2.75) is 18.7 Å². The van der Waals surface area contributed by atoms with Gasteiger partial charge in [-0.25, -0.2) is 4.79 Å². The fourth-order valence-corrected chi connectivity index (χ4v) is 5.03. The van der Waals surface area contributed by atoms with Crippen LogP contribution in [0.2, 0.25) is 0 Å². The fraction of sp³-hybridized carbons (Fsp3) is 0.148. The number of methoxy groups -OCH3 is 1. The van der Waals surface area contributed by atoms with Crippen molar-refractivity contribution in [3.05, 3.63) is 86.5 Å². The van der Waals surface area contributed by atoms with E-state index in [-0.39, 0.29) is 28.6 Å². The number of hydrogen-bond donors (Lipinski definition) is 1. The monoisotopic (exact) mass is 646 g/mol. The van der Waals surface area contributed by atoms with Crippen LogP contribution in [0.15, 0.2) is 71.1 Å². The van der Waals surface area contributed by atoms with Crippen molar-refractivity contribution in [1.29, 1.82) is 5.26 Å². The van der Waals surface area contributed by atoms with E-state index in [1.54, 1.807) is 25.1 Å². The zero-order valence-corrected chi connectivity index (χ0v) is 23.6. The Labute approximate surface area is 234 Å². The lowest BCUT2D eigenvalue weighted by molar-refractivity contribution is -0.112. The molecule has 0 aromatic heterocycles. The topological polar surface area (TPSA) is 132 Å². The highest BCUT2D eigenvalue weighted by atomic mass is 127. The van der Waals surface area contributed by atoms with Crippen LogP contribution in [0, 0.1) is 21.8 Å². The van der Waals surface area contributed by atoms with E-state index in [9.17, 15) is 23.3 Å². The molecule has 3 aromatic rings. The first-order valence-electron chi connectivity index (χ1n) is 11.2. The Balaban J connectivity index is 1.84. The SMILES string of the molecule is CCOC(=O)c1ccc(NC(=O)/C(C#N)=C/c2cc(I)c(OS(=O)(=O)c3ccc(C)cc3)c(OC)c2)cc1. The summed E-state index contributed by atoms with van der Waals surface area (Å²) in [4.78, 5) is 24.5. The molecule has 0 atom stereocenters. The van der Waals surface area contributed by atoms with Crippen LogP contribution in [0.1, 0.15) is 28.4 Å². The molecule has 3 rings (SSSR count). The molecule has 0 unspecified atom stereocenters. The van der Waals surface area contributed by atoms with E-state index in [1.165, 1.54) is 55.7 Å². The van der Waals surface area contributed by atoms with Gasteiger partial charge in [-0.1, -0.05) is 17.7 Å². The van der Waals surface area contributed by atoms with E-state index in [1.807, 2.05) is 35.6 Å². The van der Waals surface area contributed by atoms with Crippen LogP contribution in [0.4, 0.5) is 5.69 Å². The standard InChI is InChI=1S/C27H23IN2O7S/c1-4-36-27(32)19-7-9-21(10-8-19)30-26(31)20(16-29)13-18-14-23(28)25(24(15-18)35-3)37-38(33,34)22-11-5-17(2)6-12-22/h5-15H,4H2,1-3H3,(H,30,31)/b20-13+. The zero-order chi connectivity index (χ0) is 27.9. The number of amides is 1. The number of anilines is 1. The Hall–Kier alpha value is -3.89. The highest BCUT2D eigenvalue weighted by Gasteiger charge is 2.22. The molecule has 0 aliphatic carbocycles. The molecule has 0 bridgehead atoms. The van der Waals surface area contributed by atoms with Crippen molar-refractivity contribution in [2.75, 3.05) is 19.0 Å². The third-order valence-corrected chi connectivity index (χ3v) is 7.12. The van der Waals surface area contributed by atoms with E-state index < -0.39 is 22.0 Å². The van der Waals surface area contributed by atoms with Crippen molar-refractivity contribution in [3.63, 3.8) is 0 Å². The number of halogens is 1. The number of nitrogens with one attached hydrogen (secondary N) is 1. The molecule has 0 aliphatic rings. The molecule has 0 aliphatic heterocycles. The molecule has 1 N–H and O–H groups in total. The zero-order valence-electron chi connectivity index (χ0n) is 20.6. The maximum absolute atomic E-state index is 12.8. The summed E-state index contributed by atoms with van der Waals surface area (Å²) < 4.78 is 41.6.